The number of carbonyl (C=O) groups excluding carboxylic acids is 1. The van der Waals surface area contributed by atoms with Crippen molar-refractivity contribution in [2.24, 2.45) is 0 Å². The molecule has 2 aromatic rings. The van der Waals surface area contributed by atoms with Crippen molar-refractivity contribution in [2.45, 2.75) is 19.1 Å². The highest BCUT2D eigenvalue weighted by molar-refractivity contribution is 7.10. The first-order valence-electron chi connectivity index (χ1n) is 7.85. The lowest BCUT2D eigenvalue weighted by Crippen LogP contribution is -2.27. The zero-order valence-electron chi connectivity index (χ0n) is 12.9. The number of thiophene rings is 1. The average Bonchev–Trinajstić information content (AvgIpc) is 2.95. The molecular formula is C17H17FN2O3S. The predicted octanol–water partition coefficient (Wildman–Crippen LogP) is 2.62. The summed E-state index contributed by atoms with van der Waals surface area (Å²) in [6.45, 7) is 1.93. The highest BCUT2D eigenvalue weighted by atomic mass is 32.1. The Hall–Kier alpha value is -1.96. The molecule has 1 aromatic heterocycles. The van der Waals surface area contributed by atoms with Gasteiger partial charge in [-0.1, -0.05) is 6.07 Å². The number of nitrogens with one attached hydrogen (secondary N) is 2. The van der Waals surface area contributed by atoms with Crippen molar-refractivity contribution in [1.29, 1.82) is 0 Å². The van der Waals surface area contributed by atoms with Gasteiger partial charge in [0.05, 0.1) is 18.4 Å². The molecule has 7 heteroatoms. The van der Waals surface area contributed by atoms with Crippen LogP contribution < -0.4 is 15.4 Å². The minimum absolute atomic E-state index is 0.0587. The fraction of sp³-hybridized carbons (Fsp3) is 0.353. The summed E-state index contributed by atoms with van der Waals surface area (Å²) >= 11 is 1.21. The van der Waals surface area contributed by atoms with Crippen molar-refractivity contribution in [1.82, 2.24) is 5.32 Å². The monoisotopic (exact) mass is 348 g/mol. The van der Waals surface area contributed by atoms with Gasteiger partial charge in [-0.05, 0) is 29.3 Å². The molecule has 2 aliphatic heterocycles. The lowest BCUT2D eigenvalue weighted by molar-refractivity contribution is -0.118. The van der Waals surface area contributed by atoms with E-state index in [0.29, 0.717) is 31.1 Å². The number of fused-ring (bicyclic) bond motifs is 2. The van der Waals surface area contributed by atoms with Crippen molar-refractivity contribution in [3.8, 4) is 5.75 Å². The Bertz CT molecular complexity index is 777. The second kappa shape index (κ2) is 6.51. The molecule has 0 radical (unpaired) electrons. The van der Waals surface area contributed by atoms with Crippen LogP contribution >= 0.6 is 11.3 Å². The Morgan fingerprint density at radius 2 is 2.29 bits per heavy atom. The van der Waals surface area contributed by atoms with Crippen LogP contribution in [0.5, 0.6) is 5.75 Å². The Labute approximate surface area is 142 Å². The van der Waals surface area contributed by atoms with Gasteiger partial charge in [0, 0.05) is 24.4 Å². The van der Waals surface area contributed by atoms with Gasteiger partial charge in [-0.2, -0.15) is 4.39 Å². The third kappa shape index (κ3) is 3.15. The van der Waals surface area contributed by atoms with Crippen LogP contribution in [0, 0.1) is 5.13 Å². The summed E-state index contributed by atoms with van der Waals surface area (Å²) in [4.78, 5) is 12.5. The summed E-state index contributed by atoms with van der Waals surface area (Å²) in [5.74, 6) is 0.544. The summed E-state index contributed by atoms with van der Waals surface area (Å²) in [6.07, 6.45) is 0.667. The van der Waals surface area contributed by atoms with Gasteiger partial charge in [-0.15, -0.1) is 11.3 Å². The van der Waals surface area contributed by atoms with Crippen LogP contribution in [0.4, 0.5) is 10.1 Å². The number of ether oxygens (including phenoxy) is 2. The van der Waals surface area contributed by atoms with Gasteiger partial charge in [0.25, 0.3) is 5.91 Å². The molecule has 5 nitrogen and oxygen atoms in total. The van der Waals surface area contributed by atoms with E-state index in [-0.39, 0.29) is 23.7 Å². The third-order valence-electron chi connectivity index (χ3n) is 4.14. The molecule has 4 rings (SSSR count). The van der Waals surface area contributed by atoms with E-state index >= 15 is 0 Å². The largest absolute Gasteiger partial charge is 0.482 e. The molecule has 1 unspecified atom stereocenters. The molecule has 0 saturated heterocycles. The average molecular weight is 348 g/mol. The van der Waals surface area contributed by atoms with Crippen LogP contribution in [0.25, 0.3) is 0 Å². The van der Waals surface area contributed by atoms with Gasteiger partial charge in [0.2, 0.25) is 0 Å². The first-order chi connectivity index (χ1) is 11.7. The fourth-order valence-electron chi connectivity index (χ4n) is 3.02. The molecule has 2 N–H and O–H groups in total. The topological polar surface area (TPSA) is 59.6 Å². The minimum Gasteiger partial charge on any atom is -0.482 e. The second-order valence-corrected chi connectivity index (χ2v) is 6.92. The summed E-state index contributed by atoms with van der Waals surface area (Å²) in [5.41, 5.74) is 2.69. The Morgan fingerprint density at radius 1 is 1.38 bits per heavy atom. The van der Waals surface area contributed by atoms with Crippen LogP contribution in [-0.4, -0.2) is 25.7 Å². The number of hydrogen-bond donors (Lipinski definition) is 2. The van der Waals surface area contributed by atoms with Gasteiger partial charge in [-0.3, -0.25) is 4.79 Å². The number of anilines is 1. The zero-order chi connectivity index (χ0) is 16.5. The van der Waals surface area contributed by atoms with Crippen molar-refractivity contribution in [2.75, 3.05) is 25.1 Å². The quantitative estimate of drug-likeness (QED) is 0.892. The Morgan fingerprint density at radius 3 is 3.21 bits per heavy atom. The van der Waals surface area contributed by atoms with Gasteiger partial charge in [0.1, 0.15) is 5.75 Å². The molecule has 0 bridgehead atoms. The molecule has 3 heterocycles. The second-order valence-electron chi connectivity index (χ2n) is 5.84. The highest BCUT2D eigenvalue weighted by Gasteiger charge is 2.23. The summed E-state index contributed by atoms with van der Waals surface area (Å²) in [6, 6.07) is 7.30. The van der Waals surface area contributed by atoms with Crippen molar-refractivity contribution in [3.05, 3.63) is 45.4 Å². The third-order valence-corrected chi connectivity index (χ3v) is 5.14. The lowest BCUT2D eigenvalue weighted by Gasteiger charge is -2.24. The van der Waals surface area contributed by atoms with Crippen LogP contribution in [0.3, 0.4) is 0 Å². The van der Waals surface area contributed by atoms with Gasteiger partial charge >= 0.3 is 0 Å². The van der Waals surface area contributed by atoms with E-state index < -0.39 is 0 Å². The number of amides is 1. The van der Waals surface area contributed by atoms with E-state index in [1.165, 1.54) is 11.3 Å². The first-order valence-corrected chi connectivity index (χ1v) is 8.67. The Balaban J connectivity index is 1.38. The van der Waals surface area contributed by atoms with Crippen LogP contribution in [-0.2, 0) is 22.5 Å². The number of hydrogen-bond acceptors (Lipinski definition) is 5. The van der Waals surface area contributed by atoms with Crippen LogP contribution in [0.2, 0.25) is 0 Å². The molecule has 0 fully saturated rings. The van der Waals surface area contributed by atoms with Gasteiger partial charge < -0.3 is 20.1 Å². The van der Waals surface area contributed by atoms with Crippen LogP contribution in [0.15, 0.2) is 24.3 Å². The Kier molecular flexibility index (Phi) is 4.22. The molecule has 0 saturated carbocycles. The number of halogens is 1. The molecule has 126 valence electrons. The summed E-state index contributed by atoms with van der Waals surface area (Å²) in [7, 11) is 0. The number of rotatable bonds is 4. The SMILES string of the molecule is O=C1COc2ccc(CNCC3OCCc4sc(F)cc43)cc2N1. The standard InChI is InChI=1S/C17H17FN2O3S/c18-16-6-11-14(22-4-3-15(11)24-16)8-19-7-10-1-2-13-12(5-10)20-17(21)9-23-13/h1-2,5-6,14,19H,3-4,7-9H2,(H,20,21). The predicted molar refractivity (Wildman–Crippen MR) is 88.9 cm³/mol. The normalized spacial score (nSPS) is 19.2. The summed E-state index contributed by atoms with van der Waals surface area (Å²) < 4.78 is 24.5. The fourth-order valence-corrected chi connectivity index (χ4v) is 3.93. The van der Waals surface area contributed by atoms with Crippen molar-refractivity contribution >= 4 is 22.9 Å². The molecule has 0 aliphatic carbocycles. The number of benzene rings is 1. The summed E-state index contributed by atoms with van der Waals surface area (Å²) in [5, 5.41) is 5.99. The number of carbonyl (C=O) groups is 1. The first kappa shape index (κ1) is 15.6. The maximum Gasteiger partial charge on any atom is 0.262 e. The molecule has 24 heavy (non-hydrogen) atoms. The molecule has 1 amide bonds. The van der Waals surface area contributed by atoms with E-state index in [1.807, 2.05) is 18.2 Å². The molecule has 1 aromatic carbocycles. The molecule has 2 aliphatic rings. The highest BCUT2D eigenvalue weighted by Crippen LogP contribution is 2.33. The van der Waals surface area contributed by atoms with E-state index in [0.717, 1.165) is 22.4 Å². The minimum atomic E-state index is -0.152. The van der Waals surface area contributed by atoms with E-state index in [4.69, 9.17) is 9.47 Å². The smallest absolute Gasteiger partial charge is 0.262 e. The maximum absolute atomic E-state index is 13.4. The molecule has 0 spiro atoms. The van der Waals surface area contributed by atoms with Crippen LogP contribution in [0.1, 0.15) is 22.1 Å². The molecular weight excluding hydrogens is 331 g/mol. The lowest BCUT2D eigenvalue weighted by atomic mass is 10.1. The van der Waals surface area contributed by atoms with E-state index in [1.54, 1.807) is 6.07 Å². The maximum atomic E-state index is 13.4. The van der Waals surface area contributed by atoms with Gasteiger partial charge in [0.15, 0.2) is 11.7 Å². The van der Waals surface area contributed by atoms with E-state index in [9.17, 15) is 9.18 Å². The van der Waals surface area contributed by atoms with Gasteiger partial charge in [-0.25, -0.2) is 0 Å². The molecule has 1 atom stereocenters. The van der Waals surface area contributed by atoms with Crippen molar-refractivity contribution in [3.63, 3.8) is 0 Å². The zero-order valence-corrected chi connectivity index (χ0v) is 13.7. The van der Waals surface area contributed by atoms with E-state index in [2.05, 4.69) is 10.6 Å². The van der Waals surface area contributed by atoms with Crippen molar-refractivity contribution < 1.29 is 18.7 Å².